The van der Waals surface area contributed by atoms with Crippen LogP contribution in [0.15, 0.2) is 113 Å². The summed E-state index contributed by atoms with van der Waals surface area (Å²) in [7, 11) is -1.53. The lowest BCUT2D eigenvalue weighted by Crippen LogP contribution is -2.24. The molecule has 0 spiro atoms. The number of hydrogen-bond donors (Lipinski definition) is 0. The number of anilines is 3. The molecule has 0 radical (unpaired) electrons. The van der Waals surface area contributed by atoms with E-state index in [9.17, 15) is 8.42 Å². The summed E-state index contributed by atoms with van der Waals surface area (Å²) in [5.74, 6) is 0. The second kappa shape index (κ2) is 8.21. The van der Waals surface area contributed by atoms with Gasteiger partial charge < -0.3 is 9.80 Å². The van der Waals surface area contributed by atoms with Gasteiger partial charge in [-0.15, -0.1) is 0 Å². The van der Waals surface area contributed by atoms with Crippen LogP contribution in [0.1, 0.15) is 0 Å². The molecule has 35 heavy (non-hydrogen) atoms. The van der Waals surface area contributed by atoms with Crippen molar-refractivity contribution >= 4 is 37.8 Å². The predicted molar refractivity (Wildman–Crippen MR) is 139 cm³/mol. The van der Waals surface area contributed by atoms with E-state index in [-0.39, 0.29) is 4.90 Å². The maximum absolute atomic E-state index is 13.0. The molecular weight excluding hydrogens is 456 g/mol. The Kier molecular flexibility index (Phi) is 5.00. The molecule has 5 aromatic rings. The summed E-state index contributed by atoms with van der Waals surface area (Å²) in [4.78, 5) is 13.7. The second-order valence-corrected chi connectivity index (χ2v) is 10.5. The van der Waals surface area contributed by atoms with Crippen molar-refractivity contribution in [2.45, 2.75) is 9.79 Å². The van der Waals surface area contributed by atoms with Crippen LogP contribution in [-0.2, 0) is 9.84 Å². The molecule has 0 saturated carbocycles. The lowest BCUT2D eigenvalue weighted by atomic mass is 10.0. The van der Waals surface area contributed by atoms with Crippen LogP contribution in [0.4, 0.5) is 17.1 Å². The van der Waals surface area contributed by atoms with Gasteiger partial charge in [-0.2, -0.15) is 0 Å². The maximum atomic E-state index is 13.0. The number of aromatic nitrogens is 2. The summed E-state index contributed by atoms with van der Waals surface area (Å²) < 4.78 is 26.1. The van der Waals surface area contributed by atoms with Crippen molar-refractivity contribution in [1.82, 2.24) is 9.97 Å². The van der Waals surface area contributed by atoms with Crippen LogP contribution in [0, 0.1) is 0 Å². The monoisotopic (exact) mass is 478 g/mol. The van der Waals surface area contributed by atoms with E-state index in [1.54, 1.807) is 48.8 Å². The SMILES string of the molecule is CN1CN(c2ccc(S(=O)(=O)c3ccccc3)cc2)c2c1cnc1ccc(-c3ccncc3)cc21. The number of sulfone groups is 1. The van der Waals surface area contributed by atoms with E-state index in [2.05, 4.69) is 31.9 Å². The Morgan fingerprint density at radius 2 is 1.51 bits per heavy atom. The summed E-state index contributed by atoms with van der Waals surface area (Å²) >= 11 is 0. The molecule has 6 nitrogen and oxygen atoms in total. The van der Waals surface area contributed by atoms with Crippen LogP contribution in [0.3, 0.4) is 0 Å². The standard InChI is InChI=1S/C28H22N4O2S/c1-31-19-32(22-8-10-24(11-9-22)35(33,34)23-5-3-2-4-6-23)28-25-17-21(20-13-15-29-16-14-20)7-12-26(25)30-18-27(28)31/h2-18H,19H2,1H3. The Hall–Kier alpha value is -4.23. The Morgan fingerprint density at radius 3 is 2.26 bits per heavy atom. The Labute approximate surface area is 204 Å². The summed E-state index contributed by atoms with van der Waals surface area (Å²) in [6.07, 6.45) is 5.48. The molecule has 7 heteroatoms. The van der Waals surface area contributed by atoms with Crippen molar-refractivity contribution in [3.8, 4) is 11.1 Å². The molecule has 172 valence electrons. The minimum absolute atomic E-state index is 0.278. The molecule has 2 aromatic heterocycles. The van der Waals surface area contributed by atoms with Gasteiger partial charge in [0.25, 0.3) is 0 Å². The van der Waals surface area contributed by atoms with Crippen LogP contribution >= 0.6 is 0 Å². The Bertz CT molecular complexity index is 1640. The summed E-state index contributed by atoms with van der Waals surface area (Å²) in [5, 5.41) is 1.04. The topological polar surface area (TPSA) is 66.4 Å². The molecule has 3 heterocycles. The van der Waals surface area contributed by atoms with Crippen molar-refractivity contribution < 1.29 is 8.42 Å². The van der Waals surface area contributed by atoms with Gasteiger partial charge >= 0.3 is 0 Å². The third-order valence-electron chi connectivity index (χ3n) is 6.38. The molecule has 1 aliphatic rings. The highest BCUT2D eigenvalue weighted by molar-refractivity contribution is 7.91. The first-order valence-electron chi connectivity index (χ1n) is 11.2. The van der Waals surface area contributed by atoms with E-state index in [4.69, 9.17) is 0 Å². The first-order valence-corrected chi connectivity index (χ1v) is 12.7. The van der Waals surface area contributed by atoms with Gasteiger partial charge in [0.2, 0.25) is 9.84 Å². The van der Waals surface area contributed by atoms with Crippen LogP contribution in [0.5, 0.6) is 0 Å². The zero-order valence-electron chi connectivity index (χ0n) is 19.0. The molecule has 0 saturated heterocycles. The van der Waals surface area contributed by atoms with E-state index < -0.39 is 9.84 Å². The molecule has 0 unspecified atom stereocenters. The number of rotatable bonds is 4. The minimum Gasteiger partial charge on any atom is -0.354 e. The number of fused-ring (bicyclic) bond motifs is 3. The molecule has 3 aromatic carbocycles. The quantitative estimate of drug-likeness (QED) is 0.331. The number of hydrogen-bond acceptors (Lipinski definition) is 6. The fourth-order valence-electron chi connectivity index (χ4n) is 4.57. The number of benzene rings is 3. The van der Waals surface area contributed by atoms with E-state index >= 15 is 0 Å². The lowest BCUT2D eigenvalue weighted by Gasteiger charge is -2.21. The van der Waals surface area contributed by atoms with E-state index in [1.165, 1.54) is 0 Å². The molecule has 0 fully saturated rings. The summed E-state index contributed by atoms with van der Waals surface area (Å²) in [5.41, 5.74) is 6.11. The molecule has 0 bridgehead atoms. The summed E-state index contributed by atoms with van der Waals surface area (Å²) in [6.45, 7) is 0.639. The van der Waals surface area contributed by atoms with Gasteiger partial charge in [0.05, 0.1) is 39.5 Å². The smallest absolute Gasteiger partial charge is 0.206 e. The Morgan fingerprint density at radius 1 is 0.800 bits per heavy atom. The highest BCUT2D eigenvalue weighted by Gasteiger charge is 2.28. The van der Waals surface area contributed by atoms with E-state index in [0.29, 0.717) is 11.6 Å². The third-order valence-corrected chi connectivity index (χ3v) is 8.17. The first kappa shape index (κ1) is 21.3. The van der Waals surface area contributed by atoms with Crippen LogP contribution < -0.4 is 9.80 Å². The maximum Gasteiger partial charge on any atom is 0.206 e. The van der Waals surface area contributed by atoms with Crippen LogP contribution in [-0.4, -0.2) is 32.1 Å². The summed E-state index contributed by atoms with van der Waals surface area (Å²) in [6, 6.07) is 25.9. The second-order valence-electron chi connectivity index (χ2n) is 8.54. The lowest BCUT2D eigenvalue weighted by molar-refractivity contribution is 0.596. The van der Waals surface area contributed by atoms with E-state index in [0.717, 1.165) is 39.1 Å². The molecule has 0 aliphatic carbocycles. The van der Waals surface area contributed by atoms with E-state index in [1.807, 2.05) is 49.6 Å². The highest BCUT2D eigenvalue weighted by atomic mass is 32.2. The predicted octanol–water partition coefficient (Wildman–Crippen LogP) is 5.68. The Balaban J connectivity index is 1.44. The average molecular weight is 479 g/mol. The van der Waals surface area contributed by atoms with Gasteiger partial charge in [-0.25, -0.2) is 8.42 Å². The molecule has 1 aliphatic heterocycles. The van der Waals surface area contributed by atoms with Crippen LogP contribution in [0.25, 0.3) is 22.0 Å². The molecule has 0 atom stereocenters. The van der Waals surface area contributed by atoms with Crippen molar-refractivity contribution in [2.75, 3.05) is 23.5 Å². The minimum atomic E-state index is -3.57. The molecule has 6 rings (SSSR count). The van der Waals surface area contributed by atoms with Crippen molar-refractivity contribution in [1.29, 1.82) is 0 Å². The fourth-order valence-corrected chi connectivity index (χ4v) is 5.85. The fraction of sp³-hybridized carbons (Fsp3) is 0.0714. The highest BCUT2D eigenvalue weighted by Crippen LogP contribution is 2.45. The zero-order chi connectivity index (χ0) is 24.0. The van der Waals surface area contributed by atoms with Gasteiger partial charge in [0.15, 0.2) is 0 Å². The van der Waals surface area contributed by atoms with Crippen molar-refractivity contribution in [3.05, 3.63) is 104 Å². The first-order chi connectivity index (χ1) is 17.0. The molecule has 0 amide bonds. The molecular formula is C28H22N4O2S. The average Bonchev–Trinajstić information content (AvgIpc) is 3.26. The largest absolute Gasteiger partial charge is 0.354 e. The van der Waals surface area contributed by atoms with Crippen LogP contribution in [0.2, 0.25) is 0 Å². The van der Waals surface area contributed by atoms with Gasteiger partial charge in [-0.3, -0.25) is 9.97 Å². The van der Waals surface area contributed by atoms with Crippen molar-refractivity contribution in [2.24, 2.45) is 0 Å². The van der Waals surface area contributed by atoms with Gasteiger partial charge in [-0.1, -0.05) is 24.3 Å². The van der Waals surface area contributed by atoms with Gasteiger partial charge in [-0.05, 0) is 71.8 Å². The normalized spacial score (nSPS) is 13.3. The van der Waals surface area contributed by atoms with Gasteiger partial charge in [0, 0.05) is 30.5 Å². The number of pyridine rings is 2. The number of nitrogens with zero attached hydrogens (tertiary/aromatic N) is 4. The molecule has 0 N–H and O–H groups in total. The van der Waals surface area contributed by atoms with Gasteiger partial charge in [0.1, 0.15) is 0 Å². The third kappa shape index (κ3) is 3.61. The zero-order valence-corrected chi connectivity index (χ0v) is 19.9. The van der Waals surface area contributed by atoms with Crippen molar-refractivity contribution in [3.63, 3.8) is 0 Å².